The van der Waals surface area contributed by atoms with Crippen LogP contribution < -0.4 is 10.0 Å². The number of rotatable bonds is 8. The molecule has 3 N–H and O–H groups in total. The molecule has 6 nitrogen and oxygen atoms in total. The van der Waals surface area contributed by atoms with Gasteiger partial charge in [0.15, 0.2) is 0 Å². The van der Waals surface area contributed by atoms with Crippen LogP contribution >= 0.6 is 11.6 Å². The van der Waals surface area contributed by atoms with Crippen molar-refractivity contribution in [3.63, 3.8) is 0 Å². The van der Waals surface area contributed by atoms with Crippen LogP contribution in [0.2, 0.25) is 5.02 Å². The van der Waals surface area contributed by atoms with Crippen molar-refractivity contribution < 1.29 is 18.3 Å². The van der Waals surface area contributed by atoms with Crippen molar-refractivity contribution in [1.29, 1.82) is 0 Å². The minimum atomic E-state index is -3.66. The van der Waals surface area contributed by atoms with Gasteiger partial charge in [-0.15, -0.1) is 0 Å². The smallest absolute Gasteiger partial charge is 0.240 e. The highest BCUT2D eigenvalue weighted by atomic mass is 35.5. The van der Waals surface area contributed by atoms with E-state index in [1.54, 1.807) is 12.1 Å². The first-order valence-corrected chi connectivity index (χ1v) is 7.94. The van der Waals surface area contributed by atoms with Crippen LogP contribution in [0.3, 0.4) is 0 Å². The Bertz CT molecular complexity index is 548. The molecule has 0 heterocycles. The highest BCUT2D eigenvalue weighted by molar-refractivity contribution is 7.89. The fraction of sp³-hybridized carbons (Fsp3) is 0.417. The number of hydrogen-bond acceptors (Lipinski definition) is 4. The molecular weight excluding hydrogens is 304 g/mol. The number of aliphatic hydroxyl groups excluding tert-OH is 1. The van der Waals surface area contributed by atoms with E-state index in [4.69, 9.17) is 16.7 Å². The van der Waals surface area contributed by atoms with Crippen molar-refractivity contribution in [2.45, 2.75) is 17.7 Å². The third kappa shape index (κ3) is 5.87. The van der Waals surface area contributed by atoms with Crippen molar-refractivity contribution in [1.82, 2.24) is 10.0 Å². The molecule has 0 aliphatic rings. The quantitative estimate of drug-likeness (QED) is 0.608. The Hall–Kier alpha value is -1.15. The van der Waals surface area contributed by atoms with Gasteiger partial charge in [0.25, 0.3) is 0 Å². The van der Waals surface area contributed by atoms with Crippen LogP contribution in [0.5, 0.6) is 0 Å². The summed E-state index contributed by atoms with van der Waals surface area (Å²) in [5.74, 6) is -0.271. The van der Waals surface area contributed by atoms with Crippen LogP contribution in [0.15, 0.2) is 29.2 Å². The van der Waals surface area contributed by atoms with Gasteiger partial charge in [-0.25, -0.2) is 13.1 Å². The van der Waals surface area contributed by atoms with Crippen molar-refractivity contribution in [2.75, 3.05) is 19.7 Å². The maximum absolute atomic E-state index is 11.9. The molecule has 0 saturated carbocycles. The molecule has 0 atom stereocenters. The van der Waals surface area contributed by atoms with Crippen molar-refractivity contribution in [2.24, 2.45) is 0 Å². The molecule has 1 aromatic rings. The molecule has 0 unspecified atom stereocenters. The van der Waals surface area contributed by atoms with Gasteiger partial charge in [-0.3, -0.25) is 4.79 Å². The summed E-state index contributed by atoms with van der Waals surface area (Å²) in [6.07, 6.45) is 0.505. The number of aliphatic hydroxyl groups is 1. The summed E-state index contributed by atoms with van der Waals surface area (Å²) >= 11 is 5.73. The van der Waals surface area contributed by atoms with Gasteiger partial charge >= 0.3 is 0 Å². The Balaban J connectivity index is 2.43. The molecule has 1 aromatic carbocycles. The van der Waals surface area contributed by atoms with E-state index in [-0.39, 0.29) is 30.4 Å². The average Bonchev–Trinajstić information content (AvgIpc) is 2.39. The number of nitrogens with one attached hydrogen (secondary N) is 2. The second-order valence-electron chi connectivity index (χ2n) is 4.03. The standard InChI is InChI=1S/C12H17ClN2O4S/c13-10-3-1-4-11(9-10)20(18,19)15-7-5-12(17)14-6-2-8-16/h1,3-4,9,15-16H,2,5-8H2,(H,14,17). The summed E-state index contributed by atoms with van der Waals surface area (Å²) in [4.78, 5) is 11.4. The molecule has 0 aliphatic heterocycles. The highest BCUT2D eigenvalue weighted by Gasteiger charge is 2.14. The van der Waals surface area contributed by atoms with Gasteiger partial charge in [-0.2, -0.15) is 0 Å². The lowest BCUT2D eigenvalue weighted by atomic mass is 10.4. The largest absolute Gasteiger partial charge is 0.396 e. The Morgan fingerprint density at radius 3 is 2.70 bits per heavy atom. The van der Waals surface area contributed by atoms with Gasteiger partial charge in [0.1, 0.15) is 0 Å². The SMILES string of the molecule is O=C(CCNS(=O)(=O)c1cccc(Cl)c1)NCCCO. The van der Waals surface area contributed by atoms with Crippen LogP contribution in [0.25, 0.3) is 0 Å². The van der Waals surface area contributed by atoms with E-state index in [0.29, 0.717) is 18.0 Å². The first kappa shape index (κ1) is 16.9. The molecule has 20 heavy (non-hydrogen) atoms. The molecule has 0 fully saturated rings. The minimum Gasteiger partial charge on any atom is -0.396 e. The molecule has 0 bridgehead atoms. The topological polar surface area (TPSA) is 95.5 Å². The summed E-state index contributed by atoms with van der Waals surface area (Å²) in [5.41, 5.74) is 0. The Morgan fingerprint density at radius 1 is 1.30 bits per heavy atom. The summed E-state index contributed by atoms with van der Waals surface area (Å²) in [5, 5.41) is 11.4. The van der Waals surface area contributed by atoms with E-state index >= 15 is 0 Å². The van der Waals surface area contributed by atoms with E-state index in [0.717, 1.165) is 0 Å². The first-order valence-electron chi connectivity index (χ1n) is 6.08. The molecule has 1 rings (SSSR count). The zero-order chi connectivity index (χ0) is 15.0. The number of halogens is 1. The van der Waals surface area contributed by atoms with E-state index < -0.39 is 10.0 Å². The van der Waals surface area contributed by atoms with Gasteiger partial charge in [0.05, 0.1) is 4.90 Å². The number of carbonyl (C=O) groups is 1. The fourth-order valence-corrected chi connectivity index (χ4v) is 2.74. The van der Waals surface area contributed by atoms with Crippen molar-refractivity contribution >= 4 is 27.5 Å². The molecule has 0 saturated heterocycles. The summed E-state index contributed by atoms with van der Waals surface area (Å²) < 4.78 is 26.1. The fourth-order valence-electron chi connectivity index (χ4n) is 1.41. The second-order valence-corrected chi connectivity index (χ2v) is 6.24. The maximum atomic E-state index is 11.9. The monoisotopic (exact) mass is 320 g/mol. The zero-order valence-corrected chi connectivity index (χ0v) is 12.4. The van der Waals surface area contributed by atoms with Gasteiger partial charge in [0, 0.05) is 31.1 Å². The Kier molecular flexibility index (Phi) is 6.94. The lowest BCUT2D eigenvalue weighted by Gasteiger charge is -2.07. The molecule has 0 aliphatic carbocycles. The number of amides is 1. The normalized spacial score (nSPS) is 11.3. The zero-order valence-electron chi connectivity index (χ0n) is 10.8. The first-order chi connectivity index (χ1) is 9.45. The molecule has 1 amide bonds. The van der Waals surface area contributed by atoms with Crippen LogP contribution in [0.1, 0.15) is 12.8 Å². The van der Waals surface area contributed by atoms with E-state index in [1.165, 1.54) is 12.1 Å². The Labute approximate surface area is 123 Å². The van der Waals surface area contributed by atoms with Gasteiger partial charge < -0.3 is 10.4 Å². The van der Waals surface area contributed by atoms with Gasteiger partial charge in [-0.1, -0.05) is 17.7 Å². The number of sulfonamides is 1. The van der Waals surface area contributed by atoms with Crippen LogP contribution in [0, 0.1) is 0 Å². The molecule has 0 radical (unpaired) electrons. The number of benzene rings is 1. The Morgan fingerprint density at radius 2 is 2.05 bits per heavy atom. The van der Waals surface area contributed by atoms with Crippen molar-refractivity contribution in [3.8, 4) is 0 Å². The van der Waals surface area contributed by atoms with Crippen LogP contribution in [0.4, 0.5) is 0 Å². The molecule has 0 aromatic heterocycles. The predicted molar refractivity (Wildman–Crippen MR) is 76.0 cm³/mol. The van der Waals surface area contributed by atoms with Gasteiger partial charge in [-0.05, 0) is 24.6 Å². The van der Waals surface area contributed by atoms with E-state index in [9.17, 15) is 13.2 Å². The molecule has 112 valence electrons. The number of hydrogen-bond donors (Lipinski definition) is 3. The highest BCUT2D eigenvalue weighted by Crippen LogP contribution is 2.14. The summed E-state index contributed by atoms with van der Waals surface area (Å²) in [6.45, 7) is 0.373. The summed E-state index contributed by atoms with van der Waals surface area (Å²) in [6, 6.07) is 5.88. The molecule has 8 heteroatoms. The van der Waals surface area contributed by atoms with Gasteiger partial charge in [0.2, 0.25) is 15.9 Å². The predicted octanol–water partition coefficient (Wildman–Crippen LogP) is 0.507. The van der Waals surface area contributed by atoms with Crippen LogP contribution in [-0.2, 0) is 14.8 Å². The third-order valence-electron chi connectivity index (χ3n) is 2.41. The second kappa shape index (κ2) is 8.21. The lowest BCUT2D eigenvalue weighted by Crippen LogP contribution is -2.31. The maximum Gasteiger partial charge on any atom is 0.240 e. The van der Waals surface area contributed by atoms with Crippen molar-refractivity contribution in [3.05, 3.63) is 29.3 Å². The third-order valence-corrected chi connectivity index (χ3v) is 4.10. The molecular formula is C12H17ClN2O4S. The number of carbonyl (C=O) groups excluding carboxylic acids is 1. The summed E-state index contributed by atoms with van der Waals surface area (Å²) in [7, 11) is -3.66. The van der Waals surface area contributed by atoms with E-state index in [2.05, 4.69) is 10.0 Å². The van der Waals surface area contributed by atoms with Crippen LogP contribution in [-0.4, -0.2) is 39.1 Å². The van der Waals surface area contributed by atoms with E-state index in [1.807, 2.05) is 0 Å². The average molecular weight is 321 g/mol. The lowest BCUT2D eigenvalue weighted by molar-refractivity contribution is -0.120. The molecule has 0 spiro atoms. The minimum absolute atomic E-state index is 0.000193.